The van der Waals surface area contributed by atoms with Gasteiger partial charge in [0, 0.05) is 6.54 Å². The molecule has 0 radical (unpaired) electrons. The van der Waals surface area contributed by atoms with E-state index in [1.807, 2.05) is 0 Å². The van der Waals surface area contributed by atoms with Gasteiger partial charge < -0.3 is 14.4 Å². The second-order valence-electron chi connectivity index (χ2n) is 6.76. The molecule has 5 aliphatic carbocycles. The third-order valence-corrected chi connectivity index (χ3v) is 6.66. The third kappa shape index (κ3) is 0.868. The minimum atomic E-state index is -0.443. The van der Waals surface area contributed by atoms with Gasteiger partial charge in [0.25, 0.3) is 0 Å². The van der Waals surface area contributed by atoms with E-state index in [4.69, 9.17) is 9.47 Å². The van der Waals surface area contributed by atoms with E-state index in [9.17, 15) is 9.59 Å². The molecule has 5 nitrogen and oxygen atoms in total. The Labute approximate surface area is 112 Å². The molecule has 0 aromatic carbocycles. The first-order valence-corrected chi connectivity index (χ1v) is 6.95. The molecule has 5 heteroatoms. The zero-order valence-electron chi connectivity index (χ0n) is 11.5. The van der Waals surface area contributed by atoms with Crippen molar-refractivity contribution in [2.45, 2.75) is 25.8 Å². The number of rotatable bonds is 1. The van der Waals surface area contributed by atoms with Crippen molar-refractivity contribution in [1.82, 2.24) is 4.90 Å². The van der Waals surface area contributed by atoms with Crippen molar-refractivity contribution in [2.24, 2.45) is 28.6 Å². The van der Waals surface area contributed by atoms with Crippen molar-refractivity contribution < 1.29 is 19.1 Å². The molecule has 6 bridgehead atoms. The molecule has 2 saturated heterocycles. The van der Waals surface area contributed by atoms with Crippen molar-refractivity contribution in [3.8, 4) is 0 Å². The molecular weight excluding hydrogens is 246 g/mol. The van der Waals surface area contributed by atoms with Gasteiger partial charge >= 0.3 is 12.1 Å². The Bertz CT molecular complexity index is 492. The van der Waals surface area contributed by atoms with Crippen LogP contribution in [-0.4, -0.2) is 43.8 Å². The quantitative estimate of drug-likeness (QED) is 0.670. The smallest absolute Gasteiger partial charge is 0.409 e. The minimum absolute atomic E-state index is 0.00106. The average Bonchev–Trinajstić information content (AvgIpc) is 2.43. The summed E-state index contributed by atoms with van der Waals surface area (Å²) in [6.07, 6.45) is 1.97. The normalized spacial score (nSPS) is 52.1. The van der Waals surface area contributed by atoms with Crippen LogP contribution in [0.15, 0.2) is 0 Å². The molecule has 5 saturated carbocycles. The van der Waals surface area contributed by atoms with Gasteiger partial charge in [0.05, 0.1) is 25.7 Å². The molecule has 7 aliphatic rings. The molecular formula is C14H19NO4. The van der Waals surface area contributed by atoms with E-state index in [1.54, 1.807) is 4.90 Å². The second kappa shape index (κ2) is 3.07. The van der Waals surface area contributed by atoms with Gasteiger partial charge in [0.15, 0.2) is 0 Å². The Morgan fingerprint density at radius 1 is 1.21 bits per heavy atom. The molecule has 104 valence electrons. The van der Waals surface area contributed by atoms with E-state index in [2.05, 4.69) is 6.92 Å². The molecule has 2 aliphatic heterocycles. The highest BCUT2D eigenvalue weighted by atomic mass is 16.5. The van der Waals surface area contributed by atoms with E-state index in [1.165, 1.54) is 14.2 Å². The van der Waals surface area contributed by atoms with E-state index < -0.39 is 5.41 Å². The summed E-state index contributed by atoms with van der Waals surface area (Å²) in [5.41, 5.74) is -0.402. The first-order chi connectivity index (χ1) is 9.02. The number of carbonyl (C=O) groups excluding carboxylic acids is 2. The Morgan fingerprint density at radius 3 is 2.58 bits per heavy atom. The maximum Gasteiger partial charge on any atom is 0.409 e. The molecule has 0 N–H and O–H groups in total. The van der Waals surface area contributed by atoms with Crippen LogP contribution in [0.5, 0.6) is 0 Å². The molecule has 2 heterocycles. The Balaban J connectivity index is 1.79. The highest BCUT2D eigenvalue weighted by molar-refractivity contribution is 5.86. The maximum absolute atomic E-state index is 12.4. The first-order valence-electron chi connectivity index (χ1n) is 6.95. The number of amides is 1. The van der Waals surface area contributed by atoms with Gasteiger partial charge in [0.2, 0.25) is 0 Å². The summed E-state index contributed by atoms with van der Waals surface area (Å²) < 4.78 is 9.98. The number of nitrogens with zero attached hydrogens (tertiary/aromatic N) is 1. The highest BCUT2D eigenvalue weighted by Crippen LogP contribution is 2.85. The summed E-state index contributed by atoms with van der Waals surface area (Å²) in [5, 5.41) is 0. The number of esters is 1. The van der Waals surface area contributed by atoms with Crippen LogP contribution in [0.2, 0.25) is 0 Å². The number of piperidine rings is 2. The number of hydrogen-bond acceptors (Lipinski definition) is 4. The molecule has 0 aromatic heterocycles. The lowest BCUT2D eigenvalue weighted by Crippen LogP contribution is -2.91. The summed E-state index contributed by atoms with van der Waals surface area (Å²) in [6, 6.07) is 0.00106. The predicted octanol–water partition coefficient (Wildman–Crippen LogP) is 1.27. The zero-order chi connectivity index (χ0) is 13.6. The maximum atomic E-state index is 12.4. The predicted molar refractivity (Wildman–Crippen MR) is 65.2 cm³/mol. The fourth-order valence-corrected chi connectivity index (χ4v) is 6.09. The van der Waals surface area contributed by atoms with Crippen LogP contribution in [0.4, 0.5) is 4.79 Å². The second-order valence-corrected chi connectivity index (χ2v) is 6.76. The van der Waals surface area contributed by atoms with Crippen LogP contribution in [0.25, 0.3) is 0 Å². The fraction of sp³-hybridized carbons (Fsp3) is 0.857. The number of fused-ring (bicyclic) bond motifs is 1. The van der Waals surface area contributed by atoms with Crippen molar-refractivity contribution in [2.75, 3.05) is 20.8 Å². The van der Waals surface area contributed by atoms with Crippen LogP contribution >= 0.6 is 0 Å². The van der Waals surface area contributed by atoms with Gasteiger partial charge in [-0.3, -0.25) is 4.79 Å². The largest absolute Gasteiger partial charge is 0.469 e. The summed E-state index contributed by atoms with van der Waals surface area (Å²) >= 11 is 0. The van der Waals surface area contributed by atoms with Crippen molar-refractivity contribution in [3.05, 3.63) is 0 Å². The third-order valence-electron chi connectivity index (χ3n) is 6.66. The summed E-state index contributed by atoms with van der Waals surface area (Å²) in [5.74, 6) is 1.16. The average molecular weight is 265 g/mol. The highest BCUT2D eigenvalue weighted by Gasteiger charge is 2.89. The summed E-state index contributed by atoms with van der Waals surface area (Å²) in [4.78, 5) is 26.2. The molecule has 0 unspecified atom stereocenters. The van der Waals surface area contributed by atoms with Crippen LogP contribution in [0.3, 0.4) is 0 Å². The van der Waals surface area contributed by atoms with Gasteiger partial charge in [-0.2, -0.15) is 0 Å². The Kier molecular flexibility index (Phi) is 1.87. The van der Waals surface area contributed by atoms with Gasteiger partial charge in [-0.15, -0.1) is 0 Å². The lowest BCUT2D eigenvalue weighted by Gasteiger charge is -2.86. The van der Waals surface area contributed by atoms with Gasteiger partial charge in [-0.25, -0.2) is 4.79 Å². The first kappa shape index (κ1) is 11.6. The SMILES string of the molecule is COC(=O)N1C[C@H]2C[C@H]3[C@@H]1[C@@]1(C(=O)OC)[C@H]2C[C@@]31C. The van der Waals surface area contributed by atoms with Crippen LogP contribution in [0, 0.1) is 28.6 Å². The van der Waals surface area contributed by atoms with Crippen LogP contribution in [-0.2, 0) is 14.3 Å². The van der Waals surface area contributed by atoms with E-state index >= 15 is 0 Å². The van der Waals surface area contributed by atoms with E-state index in [-0.39, 0.29) is 23.5 Å². The van der Waals surface area contributed by atoms with Crippen molar-refractivity contribution in [3.63, 3.8) is 0 Å². The lowest BCUT2D eigenvalue weighted by atomic mass is 9.20. The molecule has 1 amide bonds. The standard InChI is InChI=1S/C14H19NO4/c1-13-5-9-7-4-8(13)10(14(9,13)11(16)18-2)15(6-7)12(17)19-3/h7-10H,4-6H2,1-3H3/t7-,8+,9+,10-,13+,14-/m1/s1. The number of hydrogen-bond donors (Lipinski definition) is 0. The number of carbonyl (C=O) groups is 2. The van der Waals surface area contributed by atoms with Gasteiger partial charge in [-0.1, -0.05) is 6.92 Å². The number of methoxy groups -OCH3 is 2. The summed E-state index contributed by atoms with van der Waals surface area (Å²) in [6.45, 7) is 2.94. The Morgan fingerprint density at radius 2 is 1.95 bits per heavy atom. The lowest BCUT2D eigenvalue weighted by molar-refractivity contribution is -0.377. The van der Waals surface area contributed by atoms with Crippen molar-refractivity contribution in [1.29, 1.82) is 0 Å². The number of ether oxygens (including phenoxy) is 2. The monoisotopic (exact) mass is 265 g/mol. The molecule has 0 aromatic rings. The van der Waals surface area contributed by atoms with Gasteiger partial charge in [0.1, 0.15) is 0 Å². The molecule has 7 rings (SSSR count). The van der Waals surface area contributed by atoms with E-state index in [0.29, 0.717) is 17.8 Å². The summed E-state index contributed by atoms with van der Waals surface area (Å²) in [7, 11) is 2.86. The van der Waals surface area contributed by atoms with Crippen molar-refractivity contribution >= 4 is 12.1 Å². The molecule has 19 heavy (non-hydrogen) atoms. The van der Waals surface area contributed by atoms with Crippen LogP contribution in [0.1, 0.15) is 19.8 Å². The van der Waals surface area contributed by atoms with Gasteiger partial charge in [-0.05, 0) is 36.0 Å². The molecule has 6 atom stereocenters. The molecule has 7 fully saturated rings. The zero-order valence-corrected chi connectivity index (χ0v) is 11.5. The minimum Gasteiger partial charge on any atom is -0.469 e. The Hall–Kier alpha value is -1.26. The molecule has 0 spiro atoms. The van der Waals surface area contributed by atoms with E-state index in [0.717, 1.165) is 19.4 Å². The fourth-order valence-electron chi connectivity index (χ4n) is 6.09. The topological polar surface area (TPSA) is 55.8 Å². The van der Waals surface area contributed by atoms with Crippen LogP contribution < -0.4 is 0 Å².